The number of phenols is 1. The average molecular weight is 322 g/mol. The highest BCUT2D eigenvalue weighted by Gasteiger charge is 2.48. The van der Waals surface area contributed by atoms with Crippen LogP contribution in [0.1, 0.15) is 13.0 Å². The van der Waals surface area contributed by atoms with Crippen LogP contribution in [0.25, 0.3) is 10.8 Å². The van der Waals surface area contributed by atoms with E-state index in [2.05, 4.69) is 4.18 Å². The van der Waals surface area contributed by atoms with E-state index in [1.165, 1.54) is 12.1 Å². The van der Waals surface area contributed by atoms with Crippen LogP contribution >= 0.6 is 0 Å². The van der Waals surface area contributed by atoms with E-state index in [-0.39, 0.29) is 12.8 Å². The maximum atomic E-state index is 12.3. The van der Waals surface area contributed by atoms with Gasteiger partial charge in [0.15, 0.2) is 5.75 Å². The van der Waals surface area contributed by atoms with Crippen molar-refractivity contribution in [3.8, 4) is 11.5 Å². The summed E-state index contributed by atoms with van der Waals surface area (Å²) in [5, 5.41) is 9.97. The highest BCUT2D eigenvalue weighted by molar-refractivity contribution is 7.88. The molecule has 0 atom stereocenters. The summed E-state index contributed by atoms with van der Waals surface area (Å²) in [6, 6.07) is 6.72. The van der Waals surface area contributed by atoms with Crippen molar-refractivity contribution in [2.45, 2.75) is 19.9 Å². The number of rotatable bonds is 2. The third kappa shape index (κ3) is 3.38. The molecule has 2 aromatic carbocycles. The molecule has 21 heavy (non-hydrogen) atoms. The largest absolute Gasteiger partial charge is 0.534 e. The first kappa shape index (κ1) is 17.1. The Morgan fingerprint density at radius 3 is 2.33 bits per heavy atom. The van der Waals surface area contributed by atoms with Crippen molar-refractivity contribution < 1.29 is 30.9 Å². The van der Waals surface area contributed by atoms with Crippen molar-refractivity contribution in [1.82, 2.24) is 0 Å². The quantitative estimate of drug-likeness (QED) is 0.676. The molecule has 0 heterocycles. The fourth-order valence-electron chi connectivity index (χ4n) is 1.67. The molecule has 8 heteroatoms. The molecule has 0 saturated heterocycles. The number of hydrogen-bond donors (Lipinski definition) is 1. The Labute approximate surface area is 119 Å². The van der Waals surface area contributed by atoms with Crippen molar-refractivity contribution in [2.75, 3.05) is 0 Å². The van der Waals surface area contributed by atoms with E-state index >= 15 is 0 Å². The topological polar surface area (TPSA) is 63.6 Å². The summed E-state index contributed by atoms with van der Waals surface area (Å²) in [6.45, 7) is 1.75. The van der Waals surface area contributed by atoms with Crippen molar-refractivity contribution in [3.63, 3.8) is 0 Å². The molecule has 0 aliphatic heterocycles. The second-order valence-electron chi connectivity index (χ2n) is 4.15. The van der Waals surface area contributed by atoms with Crippen molar-refractivity contribution in [2.24, 2.45) is 0 Å². The summed E-state index contributed by atoms with van der Waals surface area (Å²) in [4.78, 5) is 0. The van der Waals surface area contributed by atoms with Crippen LogP contribution in [0.15, 0.2) is 30.3 Å². The summed E-state index contributed by atoms with van der Waals surface area (Å²) >= 11 is 0. The molecule has 0 fully saturated rings. The molecule has 0 spiro atoms. The highest BCUT2D eigenvalue weighted by atomic mass is 32.2. The molecule has 116 valence electrons. The average Bonchev–Trinajstić information content (AvgIpc) is 2.25. The van der Waals surface area contributed by atoms with Crippen molar-refractivity contribution in [3.05, 3.63) is 35.9 Å². The number of aromatic hydroxyl groups is 1. The smallest absolute Gasteiger partial charge is 0.508 e. The molecule has 1 N–H and O–H groups in total. The van der Waals surface area contributed by atoms with E-state index < -0.39 is 27.1 Å². The summed E-state index contributed by atoms with van der Waals surface area (Å²) in [6.07, 6.45) is 0. The van der Waals surface area contributed by atoms with Crippen molar-refractivity contribution >= 4 is 20.9 Å². The van der Waals surface area contributed by atoms with E-state index in [0.717, 1.165) is 11.6 Å². The fraction of sp³-hybridized carbons (Fsp3) is 0.231. The number of halogens is 3. The number of benzene rings is 2. The lowest BCUT2D eigenvalue weighted by Gasteiger charge is -2.12. The van der Waals surface area contributed by atoms with Gasteiger partial charge in [-0.2, -0.15) is 21.6 Å². The maximum Gasteiger partial charge on any atom is 0.534 e. The molecule has 0 aliphatic rings. The number of alkyl halides is 3. The number of phenolic OH excluding ortho intramolecular Hbond substituents is 1. The van der Waals surface area contributed by atoms with Gasteiger partial charge in [-0.3, -0.25) is 0 Å². The standard InChI is InChI=1S/C12H9F3O4S.CH4/c1-7-2-3-10-8(4-7)5-9(16)6-11(10)19-20(17,18)12(13,14)15;/h2-6,16H,1H3;1H4. The molecule has 0 aliphatic carbocycles. The van der Waals surface area contributed by atoms with E-state index in [1.54, 1.807) is 19.1 Å². The van der Waals surface area contributed by atoms with Crippen LogP contribution in [0.2, 0.25) is 0 Å². The minimum absolute atomic E-state index is 0. The van der Waals surface area contributed by atoms with Gasteiger partial charge in [-0.05, 0) is 18.4 Å². The maximum absolute atomic E-state index is 12.3. The van der Waals surface area contributed by atoms with Gasteiger partial charge >= 0.3 is 15.6 Å². The van der Waals surface area contributed by atoms with E-state index in [9.17, 15) is 26.7 Å². The van der Waals surface area contributed by atoms with Gasteiger partial charge in [-0.15, -0.1) is 0 Å². The van der Waals surface area contributed by atoms with Gasteiger partial charge in [0.05, 0.1) is 0 Å². The molecular weight excluding hydrogens is 309 g/mol. The Balaban J connectivity index is 0.00000220. The van der Waals surface area contributed by atoms with Crippen LogP contribution in [-0.2, 0) is 10.1 Å². The lowest BCUT2D eigenvalue weighted by Crippen LogP contribution is -2.28. The Morgan fingerprint density at radius 1 is 1.14 bits per heavy atom. The molecule has 0 radical (unpaired) electrons. The van der Waals surface area contributed by atoms with Gasteiger partial charge in [-0.25, -0.2) is 0 Å². The van der Waals surface area contributed by atoms with Gasteiger partial charge < -0.3 is 9.29 Å². The minimum atomic E-state index is -5.78. The van der Waals surface area contributed by atoms with E-state index in [1.807, 2.05) is 0 Å². The summed E-state index contributed by atoms with van der Waals surface area (Å²) in [5.41, 5.74) is -4.73. The van der Waals surface area contributed by atoms with Gasteiger partial charge in [0.25, 0.3) is 0 Å². The van der Waals surface area contributed by atoms with E-state index in [0.29, 0.717) is 5.39 Å². The monoisotopic (exact) mass is 322 g/mol. The van der Waals surface area contributed by atoms with Gasteiger partial charge in [0, 0.05) is 11.5 Å². The Morgan fingerprint density at radius 2 is 1.76 bits per heavy atom. The zero-order chi connectivity index (χ0) is 15.1. The summed E-state index contributed by atoms with van der Waals surface area (Å²) < 4.78 is 63.0. The third-order valence-electron chi connectivity index (χ3n) is 2.54. The molecule has 4 nitrogen and oxygen atoms in total. The molecular formula is C13H13F3O4S. The number of aryl methyl sites for hydroxylation is 1. The molecule has 2 aromatic rings. The number of hydrogen-bond acceptors (Lipinski definition) is 4. The molecule has 0 amide bonds. The highest BCUT2D eigenvalue weighted by Crippen LogP contribution is 2.35. The van der Waals surface area contributed by atoms with Crippen LogP contribution < -0.4 is 4.18 Å². The van der Waals surface area contributed by atoms with E-state index in [4.69, 9.17) is 0 Å². The van der Waals surface area contributed by atoms with Crippen LogP contribution in [0.3, 0.4) is 0 Å². The van der Waals surface area contributed by atoms with Gasteiger partial charge in [0.1, 0.15) is 5.75 Å². The predicted molar refractivity (Wildman–Crippen MR) is 72.7 cm³/mol. The SMILES string of the molecule is C.Cc1ccc2c(OS(=O)(=O)C(F)(F)F)cc(O)cc2c1. The molecule has 0 saturated carbocycles. The Kier molecular flexibility index (Phi) is 4.43. The first-order valence-electron chi connectivity index (χ1n) is 5.34. The first-order chi connectivity index (χ1) is 9.10. The number of fused-ring (bicyclic) bond motifs is 1. The second-order valence-corrected chi connectivity index (χ2v) is 5.69. The fourth-order valence-corrected chi connectivity index (χ4v) is 2.14. The van der Waals surface area contributed by atoms with Crippen LogP contribution in [0.4, 0.5) is 13.2 Å². The zero-order valence-electron chi connectivity index (χ0n) is 10.1. The molecule has 0 unspecified atom stereocenters. The van der Waals surface area contributed by atoms with Crippen molar-refractivity contribution in [1.29, 1.82) is 0 Å². The van der Waals surface area contributed by atoms with Gasteiger partial charge in [-0.1, -0.05) is 31.2 Å². The van der Waals surface area contributed by atoms with Crippen LogP contribution in [0.5, 0.6) is 11.5 Å². The molecule has 0 aromatic heterocycles. The molecule has 2 rings (SSSR count). The second kappa shape index (κ2) is 5.44. The molecule has 0 bridgehead atoms. The lowest BCUT2D eigenvalue weighted by atomic mass is 10.1. The third-order valence-corrected chi connectivity index (χ3v) is 3.50. The summed E-state index contributed by atoms with van der Waals surface area (Å²) in [7, 11) is -5.78. The minimum Gasteiger partial charge on any atom is -0.508 e. The Bertz CT molecular complexity index is 762. The Hall–Kier alpha value is -1.96. The lowest BCUT2D eigenvalue weighted by molar-refractivity contribution is -0.0499. The normalized spacial score (nSPS) is 12.0. The predicted octanol–water partition coefficient (Wildman–Crippen LogP) is 3.72. The zero-order valence-corrected chi connectivity index (χ0v) is 10.9. The van der Waals surface area contributed by atoms with Gasteiger partial charge in [0.2, 0.25) is 0 Å². The summed E-state index contributed by atoms with van der Waals surface area (Å²) in [5.74, 6) is -0.965. The van der Waals surface area contributed by atoms with Crippen LogP contribution in [0, 0.1) is 6.92 Å². The van der Waals surface area contributed by atoms with Crippen LogP contribution in [-0.4, -0.2) is 19.0 Å². The first-order valence-corrected chi connectivity index (χ1v) is 6.75.